The third-order valence-electron chi connectivity index (χ3n) is 4.13. The van der Waals surface area contributed by atoms with Crippen LogP contribution in [0.4, 0.5) is 11.8 Å². The summed E-state index contributed by atoms with van der Waals surface area (Å²) in [6, 6.07) is 16.5. The van der Waals surface area contributed by atoms with Gasteiger partial charge in [-0.15, -0.1) is 0 Å². The summed E-state index contributed by atoms with van der Waals surface area (Å²) in [5.74, 6) is 1.55. The van der Waals surface area contributed by atoms with E-state index in [1.165, 1.54) is 11.1 Å². The fraction of sp³-hybridized carbons (Fsp3) is 0.250. The summed E-state index contributed by atoms with van der Waals surface area (Å²) < 4.78 is 0. The Morgan fingerprint density at radius 2 is 1.76 bits per heavy atom. The van der Waals surface area contributed by atoms with Gasteiger partial charge in [-0.05, 0) is 42.7 Å². The van der Waals surface area contributed by atoms with E-state index in [2.05, 4.69) is 44.2 Å². The van der Waals surface area contributed by atoms with Crippen LogP contribution in [-0.4, -0.2) is 28.5 Å². The molecular formula is C20H23N5. The van der Waals surface area contributed by atoms with Crippen molar-refractivity contribution in [3.63, 3.8) is 0 Å². The number of pyridine rings is 1. The number of nitrogens with zero attached hydrogens (tertiary/aromatic N) is 4. The monoisotopic (exact) mass is 333 g/mol. The first-order valence-electron chi connectivity index (χ1n) is 8.47. The lowest BCUT2D eigenvalue weighted by molar-refractivity contribution is 0.827. The standard InChI is InChI=1S/C20H23N5/c1-16(18-6-4-3-5-7-18)23-19-10-14-22-20(24-19)25(2)15-11-17-8-12-21-13-9-17/h3-10,12-14,16H,11,15H2,1-2H3,(H,22,23,24). The molecule has 0 fully saturated rings. The zero-order valence-electron chi connectivity index (χ0n) is 14.6. The van der Waals surface area contributed by atoms with Gasteiger partial charge in [0.25, 0.3) is 0 Å². The Bertz CT molecular complexity index is 776. The Morgan fingerprint density at radius 1 is 1.00 bits per heavy atom. The minimum Gasteiger partial charge on any atom is -0.363 e. The van der Waals surface area contributed by atoms with Crippen molar-refractivity contribution in [3.05, 3.63) is 78.2 Å². The summed E-state index contributed by atoms with van der Waals surface area (Å²) in [5.41, 5.74) is 2.49. The highest BCUT2D eigenvalue weighted by molar-refractivity contribution is 5.43. The van der Waals surface area contributed by atoms with Crippen LogP contribution in [0.25, 0.3) is 0 Å². The molecule has 0 aliphatic heterocycles. The van der Waals surface area contributed by atoms with Crippen molar-refractivity contribution in [1.82, 2.24) is 15.0 Å². The van der Waals surface area contributed by atoms with Crippen LogP contribution in [0.1, 0.15) is 24.1 Å². The molecule has 2 aromatic heterocycles. The molecule has 0 aliphatic rings. The van der Waals surface area contributed by atoms with Crippen LogP contribution in [-0.2, 0) is 6.42 Å². The Kier molecular flexibility index (Phi) is 5.57. The molecule has 0 saturated heterocycles. The molecule has 0 spiro atoms. The molecule has 3 aromatic rings. The van der Waals surface area contributed by atoms with Crippen LogP contribution < -0.4 is 10.2 Å². The first-order chi connectivity index (χ1) is 12.2. The second-order valence-electron chi connectivity index (χ2n) is 6.05. The van der Waals surface area contributed by atoms with Gasteiger partial charge in [0, 0.05) is 38.2 Å². The zero-order chi connectivity index (χ0) is 17.5. The van der Waals surface area contributed by atoms with Gasteiger partial charge in [-0.2, -0.15) is 4.98 Å². The lowest BCUT2D eigenvalue weighted by atomic mass is 10.1. The van der Waals surface area contributed by atoms with Gasteiger partial charge in [0.05, 0.1) is 0 Å². The molecule has 0 saturated carbocycles. The number of hydrogen-bond donors (Lipinski definition) is 1. The van der Waals surface area contributed by atoms with Gasteiger partial charge < -0.3 is 10.2 Å². The molecule has 3 rings (SSSR count). The average Bonchev–Trinajstić information content (AvgIpc) is 2.68. The summed E-state index contributed by atoms with van der Waals surface area (Å²) in [4.78, 5) is 15.2. The van der Waals surface area contributed by atoms with Gasteiger partial charge in [0.15, 0.2) is 0 Å². The van der Waals surface area contributed by atoms with Gasteiger partial charge in [-0.3, -0.25) is 4.98 Å². The molecule has 0 aliphatic carbocycles. The van der Waals surface area contributed by atoms with E-state index >= 15 is 0 Å². The molecule has 1 unspecified atom stereocenters. The molecule has 5 nitrogen and oxygen atoms in total. The second kappa shape index (κ2) is 8.24. The number of likely N-dealkylation sites (N-methyl/N-ethyl adjacent to an activating group) is 1. The summed E-state index contributed by atoms with van der Waals surface area (Å²) in [6.45, 7) is 2.98. The minimum absolute atomic E-state index is 0.186. The van der Waals surface area contributed by atoms with Gasteiger partial charge in [0.2, 0.25) is 5.95 Å². The normalized spacial score (nSPS) is 11.8. The number of anilines is 2. The van der Waals surface area contributed by atoms with E-state index in [1.54, 1.807) is 6.20 Å². The van der Waals surface area contributed by atoms with Crippen molar-refractivity contribution in [2.24, 2.45) is 0 Å². The Morgan fingerprint density at radius 3 is 2.52 bits per heavy atom. The van der Waals surface area contributed by atoms with E-state index in [0.717, 1.165) is 24.7 Å². The number of benzene rings is 1. The molecule has 1 N–H and O–H groups in total. The summed E-state index contributed by atoms with van der Waals surface area (Å²) in [5, 5.41) is 3.44. The summed E-state index contributed by atoms with van der Waals surface area (Å²) >= 11 is 0. The van der Waals surface area contributed by atoms with E-state index in [-0.39, 0.29) is 6.04 Å². The molecular weight excluding hydrogens is 310 g/mol. The van der Waals surface area contributed by atoms with Crippen LogP contribution in [0, 0.1) is 0 Å². The van der Waals surface area contributed by atoms with Crippen molar-refractivity contribution in [3.8, 4) is 0 Å². The maximum absolute atomic E-state index is 4.64. The molecule has 25 heavy (non-hydrogen) atoms. The molecule has 1 atom stereocenters. The van der Waals surface area contributed by atoms with E-state index < -0.39 is 0 Å². The van der Waals surface area contributed by atoms with Crippen LogP contribution in [0.3, 0.4) is 0 Å². The SMILES string of the molecule is CC(Nc1ccnc(N(C)CCc2ccncc2)n1)c1ccccc1. The van der Waals surface area contributed by atoms with E-state index in [1.807, 2.05) is 55.8 Å². The third kappa shape index (κ3) is 4.76. The maximum Gasteiger partial charge on any atom is 0.226 e. The predicted octanol–water partition coefficient (Wildman–Crippen LogP) is 3.72. The van der Waals surface area contributed by atoms with E-state index in [4.69, 9.17) is 0 Å². The maximum atomic E-state index is 4.64. The minimum atomic E-state index is 0.186. The summed E-state index contributed by atoms with van der Waals surface area (Å²) in [6.07, 6.45) is 6.37. The number of hydrogen-bond acceptors (Lipinski definition) is 5. The van der Waals surface area contributed by atoms with Crippen LogP contribution in [0.5, 0.6) is 0 Å². The van der Waals surface area contributed by atoms with Gasteiger partial charge in [0.1, 0.15) is 5.82 Å². The third-order valence-corrected chi connectivity index (χ3v) is 4.13. The average molecular weight is 333 g/mol. The zero-order valence-corrected chi connectivity index (χ0v) is 14.6. The molecule has 2 heterocycles. The molecule has 1 aromatic carbocycles. The predicted molar refractivity (Wildman–Crippen MR) is 102 cm³/mol. The molecule has 0 amide bonds. The lowest BCUT2D eigenvalue weighted by Crippen LogP contribution is -2.23. The molecule has 0 bridgehead atoms. The molecule has 128 valence electrons. The fourth-order valence-electron chi connectivity index (χ4n) is 2.61. The van der Waals surface area contributed by atoms with Crippen molar-refractivity contribution in [2.45, 2.75) is 19.4 Å². The highest BCUT2D eigenvalue weighted by Gasteiger charge is 2.09. The molecule has 5 heteroatoms. The smallest absolute Gasteiger partial charge is 0.226 e. The van der Waals surface area contributed by atoms with Gasteiger partial charge >= 0.3 is 0 Å². The van der Waals surface area contributed by atoms with E-state index in [9.17, 15) is 0 Å². The quantitative estimate of drug-likeness (QED) is 0.714. The van der Waals surface area contributed by atoms with Gasteiger partial charge in [-0.25, -0.2) is 4.98 Å². The van der Waals surface area contributed by atoms with Crippen molar-refractivity contribution in [2.75, 3.05) is 23.8 Å². The van der Waals surface area contributed by atoms with Crippen LogP contribution in [0.2, 0.25) is 0 Å². The van der Waals surface area contributed by atoms with Crippen molar-refractivity contribution >= 4 is 11.8 Å². The summed E-state index contributed by atoms with van der Waals surface area (Å²) in [7, 11) is 2.01. The lowest BCUT2D eigenvalue weighted by Gasteiger charge is -2.19. The highest BCUT2D eigenvalue weighted by Crippen LogP contribution is 2.18. The Labute approximate surface area is 148 Å². The highest BCUT2D eigenvalue weighted by atomic mass is 15.2. The van der Waals surface area contributed by atoms with Crippen LogP contribution in [0.15, 0.2) is 67.1 Å². The van der Waals surface area contributed by atoms with Gasteiger partial charge in [-0.1, -0.05) is 30.3 Å². The van der Waals surface area contributed by atoms with Crippen molar-refractivity contribution < 1.29 is 0 Å². The number of rotatable bonds is 7. The second-order valence-corrected chi connectivity index (χ2v) is 6.05. The fourth-order valence-corrected chi connectivity index (χ4v) is 2.61. The van der Waals surface area contributed by atoms with E-state index in [0.29, 0.717) is 0 Å². The number of nitrogens with one attached hydrogen (secondary N) is 1. The number of aromatic nitrogens is 3. The Balaban J connectivity index is 1.62. The first kappa shape index (κ1) is 16.9. The van der Waals surface area contributed by atoms with Crippen molar-refractivity contribution in [1.29, 1.82) is 0 Å². The largest absolute Gasteiger partial charge is 0.363 e. The topological polar surface area (TPSA) is 53.9 Å². The molecule has 0 radical (unpaired) electrons. The first-order valence-corrected chi connectivity index (χ1v) is 8.47. The Hall–Kier alpha value is -2.95. The van der Waals surface area contributed by atoms with Crippen LogP contribution >= 0.6 is 0 Å².